The van der Waals surface area contributed by atoms with E-state index in [1.54, 1.807) is 0 Å². The molecule has 2 aromatic carbocycles. The molecule has 0 atom stereocenters. The molecule has 0 N–H and O–H groups in total. The van der Waals surface area contributed by atoms with Crippen LogP contribution in [-0.4, -0.2) is 13.2 Å². The number of benzene rings is 2. The van der Waals surface area contributed by atoms with Gasteiger partial charge in [0, 0.05) is 0 Å². The lowest BCUT2D eigenvalue weighted by molar-refractivity contribution is 0.304. The summed E-state index contributed by atoms with van der Waals surface area (Å²) in [6, 6.07) is 17.3. The fraction of sp³-hybridized carbons (Fsp3) is 0.600. The van der Waals surface area contributed by atoms with Crippen molar-refractivity contribution in [2.45, 2.75) is 104 Å². The molecule has 0 heterocycles. The lowest BCUT2D eigenvalue weighted by atomic mass is 10.0. The summed E-state index contributed by atoms with van der Waals surface area (Å²) in [4.78, 5) is 0. The molecule has 2 nitrogen and oxygen atoms in total. The first-order valence-corrected chi connectivity index (χ1v) is 13.2. The fourth-order valence-electron chi connectivity index (χ4n) is 3.94. The maximum absolute atomic E-state index is 5.89. The third kappa shape index (κ3) is 12.2. The second-order valence-electron chi connectivity index (χ2n) is 9.02. The molecule has 0 amide bonds. The van der Waals surface area contributed by atoms with E-state index in [1.807, 2.05) is 0 Å². The van der Waals surface area contributed by atoms with Crippen molar-refractivity contribution in [2.24, 2.45) is 0 Å². The van der Waals surface area contributed by atoms with Crippen LogP contribution in [0.2, 0.25) is 0 Å². The van der Waals surface area contributed by atoms with Gasteiger partial charge in [-0.15, -0.1) is 0 Å². The van der Waals surface area contributed by atoms with Gasteiger partial charge in [0.1, 0.15) is 11.5 Å². The monoisotopic (exact) mass is 438 g/mol. The number of rotatable bonds is 19. The lowest BCUT2D eigenvalue weighted by Crippen LogP contribution is -1.98. The summed E-state index contributed by atoms with van der Waals surface area (Å²) in [5.41, 5.74) is 2.72. The second-order valence-corrected chi connectivity index (χ2v) is 9.02. The van der Waals surface area contributed by atoms with Gasteiger partial charge in [0.15, 0.2) is 0 Å². The summed E-state index contributed by atoms with van der Waals surface area (Å²) in [6.45, 7) is 6.18. The molecule has 178 valence electrons. The summed E-state index contributed by atoms with van der Waals surface area (Å²) in [7, 11) is 0. The SMILES string of the molecule is CCCCCCCCOc1ccc(CCc2ccc(OCCCCCCCC)cc2)cc1. The van der Waals surface area contributed by atoms with Crippen LogP contribution in [0.5, 0.6) is 11.5 Å². The van der Waals surface area contributed by atoms with E-state index in [0.29, 0.717) is 0 Å². The van der Waals surface area contributed by atoms with E-state index >= 15 is 0 Å². The Bertz CT molecular complexity index is 613. The molecule has 0 radical (unpaired) electrons. The van der Waals surface area contributed by atoms with Crippen LogP contribution < -0.4 is 9.47 Å². The third-order valence-electron chi connectivity index (χ3n) is 6.08. The molecule has 2 rings (SSSR count). The highest BCUT2D eigenvalue weighted by molar-refractivity contribution is 5.30. The second kappa shape index (κ2) is 17.6. The predicted octanol–water partition coefficient (Wildman–Crippen LogP) is 8.95. The topological polar surface area (TPSA) is 18.5 Å². The third-order valence-corrected chi connectivity index (χ3v) is 6.08. The molecular formula is C30H46O2. The van der Waals surface area contributed by atoms with Gasteiger partial charge >= 0.3 is 0 Å². The Hall–Kier alpha value is -1.96. The Morgan fingerprint density at radius 3 is 1.16 bits per heavy atom. The van der Waals surface area contributed by atoms with Gasteiger partial charge in [-0.3, -0.25) is 0 Å². The Kier molecular flexibility index (Phi) is 14.4. The zero-order valence-electron chi connectivity index (χ0n) is 20.7. The summed E-state index contributed by atoms with van der Waals surface area (Å²) in [5.74, 6) is 1.99. The van der Waals surface area contributed by atoms with Gasteiger partial charge < -0.3 is 9.47 Å². The smallest absolute Gasteiger partial charge is 0.119 e. The minimum absolute atomic E-state index is 0.832. The molecule has 0 saturated heterocycles. The Morgan fingerprint density at radius 1 is 0.438 bits per heavy atom. The summed E-state index contributed by atoms with van der Waals surface area (Å²) in [5, 5.41) is 0. The molecule has 2 aromatic rings. The van der Waals surface area contributed by atoms with Gasteiger partial charge in [0.25, 0.3) is 0 Å². The number of ether oxygens (including phenoxy) is 2. The van der Waals surface area contributed by atoms with Crippen LogP contribution in [0, 0.1) is 0 Å². The summed E-state index contributed by atoms with van der Waals surface area (Å²) >= 11 is 0. The molecule has 32 heavy (non-hydrogen) atoms. The van der Waals surface area contributed by atoms with Crippen LogP contribution >= 0.6 is 0 Å². The maximum atomic E-state index is 5.89. The van der Waals surface area contributed by atoms with Gasteiger partial charge in [-0.2, -0.15) is 0 Å². The molecule has 0 aliphatic heterocycles. The van der Waals surface area contributed by atoms with Crippen LogP contribution in [-0.2, 0) is 12.8 Å². The highest BCUT2D eigenvalue weighted by Gasteiger charge is 2.00. The Balaban J connectivity index is 1.58. The Labute approximate surface area is 197 Å². The average molecular weight is 439 g/mol. The first-order chi connectivity index (χ1) is 15.8. The van der Waals surface area contributed by atoms with Gasteiger partial charge in [-0.1, -0.05) is 102 Å². The van der Waals surface area contributed by atoms with Crippen molar-refractivity contribution in [1.29, 1.82) is 0 Å². The van der Waals surface area contributed by atoms with E-state index < -0.39 is 0 Å². The standard InChI is InChI=1S/C30H46O2/c1-3-5-7-9-11-13-25-31-29-21-17-27(18-22-29)15-16-28-19-23-30(24-20-28)32-26-14-12-10-8-6-4-2/h17-24H,3-16,25-26H2,1-2H3. The number of hydrogen-bond acceptors (Lipinski definition) is 2. The first kappa shape index (κ1) is 26.3. The van der Waals surface area contributed by atoms with Crippen LogP contribution in [0.15, 0.2) is 48.5 Å². The van der Waals surface area contributed by atoms with Crippen molar-refractivity contribution in [3.05, 3.63) is 59.7 Å². The Morgan fingerprint density at radius 2 is 0.781 bits per heavy atom. The molecule has 0 bridgehead atoms. The van der Waals surface area contributed by atoms with E-state index in [4.69, 9.17) is 9.47 Å². The maximum Gasteiger partial charge on any atom is 0.119 e. The molecule has 0 fully saturated rings. The molecule has 0 aromatic heterocycles. The van der Waals surface area contributed by atoms with Crippen molar-refractivity contribution in [2.75, 3.05) is 13.2 Å². The quantitative estimate of drug-likeness (QED) is 0.204. The van der Waals surface area contributed by atoms with E-state index in [1.165, 1.54) is 75.3 Å². The lowest BCUT2D eigenvalue weighted by Gasteiger charge is -2.09. The number of hydrogen-bond donors (Lipinski definition) is 0. The van der Waals surface area contributed by atoms with Gasteiger partial charge in [-0.25, -0.2) is 0 Å². The van der Waals surface area contributed by atoms with Crippen LogP contribution in [0.1, 0.15) is 102 Å². The molecule has 0 aliphatic rings. The zero-order valence-corrected chi connectivity index (χ0v) is 20.7. The minimum atomic E-state index is 0.832. The molecule has 0 saturated carbocycles. The van der Waals surface area contributed by atoms with Crippen LogP contribution in [0.4, 0.5) is 0 Å². The van der Waals surface area contributed by atoms with Crippen LogP contribution in [0.3, 0.4) is 0 Å². The largest absolute Gasteiger partial charge is 0.494 e. The van der Waals surface area contributed by atoms with Crippen molar-refractivity contribution in [3.63, 3.8) is 0 Å². The van der Waals surface area contributed by atoms with Crippen molar-refractivity contribution in [3.8, 4) is 11.5 Å². The molecule has 0 spiro atoms. The van der Waals surface area contributed by atoms with E-state index in [0.717, 1.165) is 50.4 Å². The predicted molar refractivity (Wildman–Crippen MR) is 138 cm³/mol. The van der Waals surface area contributed by atoms with Crippen molar-refractivity contribution < 1.29 is 9.47 Å². The van der Waals surface area contributed by atoms with Crippen molar-refractivity contribution >= 4 is 0 Å². The molecular weight excluding hydrogens is 392 g/mol. The average Bonchev–Trinajstić information content (AvgIpc) is 2.83. The van der Waals surface area contributed by atoms with Gasteiger partial charge in [-0.05, 0) is 61.1 Å². The highest BCUT2D eigenvalue weighted by atomic mass is 16.5. The number of aryl methyl sites for hydroxylation is 2. The summed E-state index contributed by atoms with van der Waals surface area (Å²) < 4.78 is 11.8. The van der Waals surface area contributed by atoms with Crippen molar-refractivity contribution in [1.82, 2.24) is 0 Å². The van der Waals surface area contributed by atoms with E-state index in [-0.39, 0.29) is 0 Å². The molecule has 2 heteroatoms. The van der Waals surface area contributed by atoms with E-state index in [9.17, 15) is 0 Å². The fourth-order valence-corrected chi connectivity index (χ4v) is 3.94. The zero-order chi connectivity index (χ0) is 22.7. The van der Waals surface area contributed by atoms with Crippen LogP contribution in [0.25, 0.3) is 0 Å². The normalized spacial score (nSPS) is 10.9. The number of unbranched alkanes of at least 4 members (excludes halogenated alkanes) is 10. The van der Waals surface area contributed by atoms with Gasteiger partial charge in [0.05, 0.1) is 13.2 Å². The molecule has 0 aliphatic carbocycles. The highest BCUT2D eigenvalue weighted by Crippen LogP contribution is 2.17. The summed E-state index contributed by atoms with van der Waals surface area (Å²) in [6.07, 6.45) is 17.7. The van der Waals surface area contributed by atoms with E-state index in [2.05, 4.69) is 62.4 Å². The first-order valence-electron chi connectivity index (χ1n) is 13.2. The minimum Gasteiger partial charge on any atom is -0.494 e. The molecule has 0 unspecified atom stereocenters. The van der Waals surface area contributed by atoms with Gasteiger partial charge in [0.2, 0.25) is 0 Å².